The topological polar surface area (TPSA) is 0 Å². The molecule has 0 aromatic heterocycles. The average molecular weight is 575 g/mol. The second kappa shape index (κ2) is 10.9. The van der Waals surface area contributed by atoms with Gasteiger partial charge in [0.25, 0.3) is 0 Å². The van der Waals surface area contributed by atoms with Gasteiger partial charge in [0.15, 0.2) is 0 Å². The first-order valence-corrected chi connectivity index (χ1v) is 15.8. The van der Waals surface area contributed by atoms with Crippen molar-refractivity contribution >= 4 is 55.2 Å². The van der Waals surface area contributed by atoms with Crippen molar-refractivity contribution in [1.29, 1.82) is 0 Å². The summed E-state index contributed by atoms with van der Waals surface area (Å²) in [6, 6.07) is 51.3. The summed E-state index contributed by atoms with van der Waals surface area (Å²) in [5.41, 5.74) is 11.5. The Morgan fingerprint density at radius 2 is 0.822 bits per heavy atom. The number of benzene rings is 8. The third-order valence-electron chi connectivity index (χ3n) is 9.37. The van der Waals surface area contributed by atoms with Crippen molar-refractivity contribution in [2.45, 2.75) is 20.8 Å². The van der Waals surface area contributed by atoms with E-state index in [9.17, 15) is 0 Å². The zero-order valence-corrected chi connectivity index (χ0v) is 25.9. The van der Waals surface area contributed by atoms with Crippen molar-refractivity contribution < 1.29 is 0 Å². The van der Waals surface area contributed by atoms with E-state index in [1.54, 1.807) is 0 Å². The molecular formula is C45H34. The molecule has 8 aromatic rings. The second-order valence-corrected chi connectivity index (χ2v) is 12.3. The second-order valence-electron chi connectivity index (χ2n) is 12.3. The monoisotopic (exact) mass is 574 g/mol. The van der Waals surface area contributed by atoms with Crippen LogP contribution in [-0.2, 0) is 0 Å². The fourth-order valence-electron chi connectivity index (χ4n) is 7.18. The highest BCUT2D eigenvalue weighted by atomic mass is 14.2. The molecule has 0 spiro atoms. The maximum atomic E-state index is 2.33. The van der Waals surface area contributed by atoms with Crippen molar-refractivity contribution in [3.63, 3.8) is 0 Å². The molecular weight excluding hydrogens is 540 g/mol. The zero-order chi connectivity index (χ0) is 30.5. The van der Waals surface area contributed by atoms with E-state index in [0.717, 1.165) is 0 Å². The summed E-state index contributed by atoms with van der Waals surface area (Å²) in [5, 5.41) is 10.4. The molecule has 214 valence electrons. The molecule has 0 fully saturated rings. The average Bonchev–Trinajstić information content (AvgIpc) is 3.08. The highest BCUT2D eigenvalue weighted by Gasteiger charge is 2.16. The van der Waals surface area contributed by atoms with Crippen LogP contribution in [0.1, 0.15) is 27.8 Å². The SMILES string of the molecule is Cc1ccc2c(c1)c(C)c(/C=C/c1ccc(-c3c4ccccc4c(-c4ccccc4)c4ccccc34)cc1)c1cc(C)ccc12. The summed E-state index contributed by atoms with van der Waals surface area (Å²) in [6.45, 7) is 6.62. The van der Waals surface area contributed by atoms with E-state index in [1.165, 1.54) is 93.2 Å². The highest BCUT2D eigenvalue weighted by molar-refractivity contribution is 6.21. The van der Waals surface area contributed by atoms with Crippen LogP contribution in [0.5, 0.6) is 0 Å². The molecule has 0 nitrogen and oxygen atoms in total. The van der Waals surface area contributed by atoms with Gasteiger partial charge >= 0.3 is 0 Å². The van der Waals surface area contributed by atoms with Crippen LogP contribution in [0.3, 0.4) is 0 Å². The number of hydrogen-bond acceptors (Lipinski definition) is 0. The van der Waals surface area contributed by atoms with Gasteiger partial charge in [0.1, 0.15) is 0 Å². The van der Waals surface area contributed by atoms with Gasteiger partial charge in [-0.3, -0.25) is 0 Å². The van der Waals surface area contributed by atoms with Crippen LogP contribution >= 0.6 is 0 Å². The smallest absolute Gasteiger partial charge is 0.00264 e. The van der Waals surface area contributed by atoms with Gasteiger partial charge in [0.05, 0.1) is 0 Å². The fourth-order valence-corrected chi connectivity index (χ4v) is 7.18. The van der Waals surface area contributed by atoms with E-state index in [0.29, 0.717) is 0 Å². The van der Waals surface area contributed by atoms with Crippen LogP contribution < -0.4 is 0 Å². The van der Waals surface area contributed by atoms with Gasteiger partial charge in [-0.05, 0) is 103 Å². The van der Waals surface area contributed by atoms with E-state index < -0.39 is 0 Å². The molecule has 8 aromatic carbocycles. The third-order valence-corrected chi connectivity index (χ3v) is 9.37. The number of aryl methyl sites for hydroxylation is 3. The normalized spacial score (nSPS) is 11.8. The van der Waals surface area contributed by atoms with Crippen molar-refractivity contribution in [1.82, 2.24) is 0 Å². The van der Waals surface area contributed by atoms with E-state index in [4.69, 9.17) is 0 Å². The molecule has 0 radical (unpaired) electrons. The molecule has 0 aliphatic heterocycles. The van der Waals surface area contributed by atoms with Gasteiger partial charge in [-0.1, -0.05) is 163 Å². The van der Waals surface area contributed by atoms with Crippen molar-refractivity contribution in [3.8, 4) is 22.3 Å². The molecule has 0 aliphatic carbocycles. The van der Waals surface area contributed by atoms with Crippen LogP contribution in [0.4, 0.5) is 0 Å². The standard InChI is InChI=1S/C45H34/c1-29-17-24-36-37-25-18-30(2)28-43(37)35(31(3)42(36)27-29)26-21-32-19-22-34(23-20-32)45-40-15-9-7-13-38(40)44(33-11-5-4-6-12-33)39-14-8-10-16-41(39)45/h4-28H,1-3H3/b26-21+. The molecule has 0 heterocycles. The minimum absolute atomic E-state index is 1.19. The van der Waals surface area contributed by atoms with Gasteiger partial charge < -0.3 is 0 Å². The van der Waals surface area contributed by atoms with Crippen LogP contribution in [0.25, 0.3) is 77.5 Å². The molecule has 45 heavy (non-hydrogen) atoms. The Morgan fingerprint density at radius 1 is 0.356 bits per heavy atom. The van der Waals surface area contributed by atoms with Gasteiger partial charge in [0.2, 0.25) is 0 Å². The molecule has 0 saturated carbocycles. The summed E-state index contributed by atoms with van der Waals surface area (Å²) in [4.78, 5) is 0. The minimum Gasteiger partial charge on any atom is -0.0622 e. The maximum absolute atomic E-state index is 2.33. The number of fused-ring (bicyclic) bond motifs is 5. The quantitative estimate of drug-likeness (QED) is 0.111. The van der Waals surface area contributed by atoms with Gasteiger partial charge in [0, 0.05) is 0 Å². The lowest BCUT2D eigenvalue weighted by Crippen LogP contribution is -1.91. The molecule has 0 amide bonds. The Hall–Kier alpha value is -5.46. The summed E-state index contributed by atoms with van der Waals surface area (Å²) in [6.07, 6.45) is 4.58. The molecule has 0 N–H and O–H groups in total. The first kappa shape index (κ1) is 27.1. The molecule has 0 aliphatic rings. The van der Waals surface area contributed by atoms with E-state index in [-0.39, 0.29) is 0 Å². The van der Waals surface area contributed by atoms with E-state index in [2.05, 4.69) is 172 Å². The molecule has 8 rings (SSSR count). The number of hydrogen-bond donors (Lipinski definition) is 0. The summed E-state index contributed by atoms with van der Waals surface area (Å²) < 4.78 is 0. The van der Waals surface area contributed by atoms with Gasteiger partial charge in [-0.25, -0.2) is 0 Å². The summed E-state index contributed by atoms with van der Waals surface area (Å²) >= 11 is 0. The first-order valence-electron chi connectivity index (χ1n) is 15.8. The molecule has 0 atom stereocenters. The third kappa shape index (κ3) is 4.62. The summed E-state index contributed by atoms with van der Waals surface area (Å²) in [5.74, 6) is 0. The molecule has 0 bridgehead atoms. The Balaban J connectivity index is 1.26. The lowest BCUT2D eigenvalue weighted by atomic mass is 9.86. The molecule has 0 saturated heterocycles. The minimum atomic E-state index is 1.19. The van der Waals surface area contributed by atoms with Crippen molar-refractivity contribution in [3.05, 3.63) is 167 Å². The van der Waals surface area contributed by atoms with Crippen LogP contribution in [-0.4, -0.2) is 0 Å². The Labute approximate surface area is 264 Å². The van der Waals surface area contributed by atoms with Crippen LogP contribution in [0.2, 0.25) is 0 Å². The van der Waals surface area contributed by atoms with E-state index in [1.807, 2.05) is 0 Å². The highest BCUT2D eigenvalue weighted by Crippen LogP contribution is 2.43. The Bertz CT molecular complexity index is 2370. The van der Waals surface area contributed by atoms with Crippen molar-refractivity contribution in [2.24, 2.45) is 0 Å². The Morgan fingerprint density at radius 3 is 1.38 bits per heavy atom. The lowest BCUT2D eigenvalue weighted by molar-refractivity contribution is 1.46. The Kier molecular flexibility index (Phi) is 6.58. The van der Waals surface area contributed by atoms with Crippen LogP contribution in [0, 0.1) is 20.8 Å². The maximum Gasteiger partial charge on any atom is -0.00264 e. The van der Waals surface area contributed by atoms with Crippen molar-refractivity contribution in [2.75, 3.05) is 0 Å². The summed E-state index contributed by atoms with van der Waals surface area (Å²) in [7, 11) is 0. The predicted molar refractivity (Wildman–Crippen MR) is 197 cm³/mol. The number of rotatable bonds is 4. The predicted octanol–water partition coefficient (Wildman–Crippen LogP) is 12.7. The van der Waals surface area contributed by atoms with Crippen LogP contribution in [0.15, 0.2) is 140 Å². The first-order chi connectivity index (χ1) is 22.1. The molecule has 0 unspecified atom stereocenters. The lowest BCUT2D eigenvalue weighted by Gasteiger charge is -2.17. The van der Waals surface area contributed by atoms with E-state index >= 15 is 0 Å². The fraction of sp³-hybridized carbons (Fsp3) is 0.0667. The zero-order valence-electron chi connectivity index (χ0n) is 25.9. The largest absolute Gasteiger partial charge is 0.0622 e. The molecule has 0 heteroatoms. The van der Waals surface area contributed by atoms with Gasteiger partial charge in [-0.2, -0.15) is 0 Å². The van der Waals surface area contributed by atoms with Gasteiger partial charge in [-0.15, -0.1) is 0 Å².